The number of nitrogens with one attached hydrogen (secondary N) is 1. The number of aromatic carboxylic acids is 1. The summed E-state index contributed by atoms with van der Waals surface area (Å²) in [6.45, 7) is 2.64. The molecule has 0 heterocycles. The Morgan fingerprint density at radius 3 is 2.29 bits per heavy atom. The average molecular weight is 325 g/mol. The van der Waals surface area contributed by atoms with E-state index in [-0.39, 0.29) is 17.4 Å². The smallest absolute Gasteiger partial charge is 0.335 e. The summed E-state index contributed by atoms with van der Waals surface area (Å²) in [6.07, 6.45) is 2.10. The van der Waals surface area contributed by atoms with Crippen LogP contribution in [0.5, 0.6) is 0 Å². The van der Waals surface area contributed by atoms with Crippen molar-refractivity contribution in [3.8, 4) is 0 Å². The highest BCUT2D eigenvalue weighted by molar-refractivity contribution is 5.87. The van der Waals surface area contributed by atoms with Crippen molar-refractivity contribution in [2.24, 2.45) is 0 Å². The molecule has 0 spiro atoms. The molecule has 2 aromatic carbocycles. The molecule has 0 bridgehead atoms. The molecule has 126 valence electrons. The molecule has 24 heavy (non-hydrogen) atoms. The van der Waals surface area contributed by atoms with Gasteiger partial charge >= 0.3 is 5.97 Å². The summed E-state index contributed by atoms with van der Waals surface area (Å²) >= 11 is 0. The lowest BCUT2D eigenvalue weighted by atomic mass is 9.93. The molecule has 0 aliphatic carbocycles. The van der Waals surface area contributed by atoms with Crippen molar-refractivity contribution in [3.05, 3.63) is 71.3 Å². The van der Waals surface area contributed by atoms with Gasteiger partial charge in [-0.05, 0) is 42.0 Å². The normalized spacial score (nSPS) is 11.7. The monoisotopic (exact) mass is 325 g/mol. The molecule has 1 atom stereocenters. The van der Waals surface area contributed by atoms with E-state index >= 15 is 0 Å². The van der Waals surface area contributed by atoms with Gasteiger partial charge in [0.05, 0.1) is 5.56 Å². The summed E-state index contributed by atoms with van der Waals surface area (Å²) in [4.78, 5) is 22.9. The molecule has 4 nitrogen and oxygen atoms in total. The summed E-state index contributed by atoms with van der Waals surface area (Å²) in [5.74, 6) is -0.643. The van der Waals surface area contributed by atoms with Crippen molar-refractivity contribution in [1.29, 1.82) is 0 Å². The molecule has 0 aliphatic rings. The van der Waals surface area contributed by atoms with Crippen molar-refractivity contribution >= 4 is 11.9 Å². The number of carboxylic acids is 1. The molecule has 2 aromatic rings. The molecule has 1 amide bonds. The molecule has 0 saturated carbocycles. The number of hydrogen-bond donors (Lipinski definition) is 2. The van der Waals surface area contributed by atoms with E-state index in [1.54, 1.807) is 24.3 Å². The zero-order chi connectivity index (χ0) is 17.4. The lowest BCUT2D eigenvalue weighted by Crippen LogP contribution is -2.27. The molecule has 2 rings (SSSR count). The lowest BCUT2D eigenvalue weighted by molar-refractivity contribution is -0.121. The SMILES string of the molecule is CCC(CC(=O)NCCc1ccc(C(=O)O)cc1)c1ccccc1. The van der Waals surface area contributed by atoms with Gasteiger partial charge in [-0.3, -0.25) is 4.79 Å². The number of benzene rings is 2. The Bertz CT molecular complexity index is 665. The fourth-order valence-corrected chi connectivity index (χ4v) is 2.68. The van der Waals surface area contributed by atoms with Crippen LogP contribution < -0.4 is 5.32 Å². The van der Waals surface area contributed by atoms with Crippen molar-refractivity contribution < 1.29 is 14.7 Å². The predicted octanol–water partition coefficient (Wildman–Crippen LogP) is 3.63. The third-order valence-corrected chi connectivity index (χ3v) is 4.13. The quantitative estimate of drug-likeness (QED) is 0.779. The van der Waals surface area contributed by atoms with Crippen LogP contribution in [0.25, 0.3) is 0 Å². The van der Waals surface area contributed by atoms with Crippen molar-refractivity contribution in [1.82, 2.24) is 5.32 Å². The second-order valence-electron chi connectivity index (χ2n) is 5.82. The third-order valence-electron chi connectivity index (χ3n) is 4.13. The molecule has 0 aliphatic heterocycles. The van der Waals surface area contributed by atoms with Gasteiger partial charge in [0.25, 0.3) is 0 Å². The Kier molecular flexibility index (Phi) is 6.55. The maximum Gasteiger partial charge on any atom is 0.335 e. The van der Waals surface area contributed by atoms with Crippen LogP contribution in [0.2, 0.25) is 0 Å². The van der Waals surface area contributed by atoms with E-state index in [2.05, 4.69) is 24.4 Å². The molecule has 0 aromatic heterocycles. The van der Waals surface area contributed by atoms with Crippen LogP contribution in [-0.4, -0.2) is 23.5 Å². The van der Waals surface area contributed by atoms with E-state index in [9.17, 15) is 9.59 Å². The Morgan fingerprint density at radius 2 is 1.71 bits per heavy atom. The predicted molar refractivity (Wildman–Crippen MR) is 94.2 cm³/mol. The second kappa shape index (κ2) is 8.87. The van der Waals surface area contributed by atoms with Gasteiger partial charge in [0.1, 0.15) is 0 Å². The Balaban J connectivity index is 1.79. The summed E-state index contributed by atoms with van der Waals surface area (Å²) in [5, 5.41) is 11.8. The van der Waals surface area contributed by atoms with E-state index in [0.29, 0.717) is 19.4 Å². The van der Waals surface area contributed by atoms with Gasteiger partial charge < -0.3 is 10.4 Å². The van der Waals surface area contributed by atoms with Crippen molar-refractivity contribution in [3.63, 3.8) is 0 Å². The van der Waals surface area contributed by atoms with Gasteiger partial charge in [0, 0.05) is 13.0 Å². The van der Waals surface area contributed by atoms with Gasteiger partial charge in [-0.25, -0.2) is 4.79 Å². The van der Waals surface area contributed by atoms with Crippen LogP contribution in [-0.2, 0) is 11.2 Å². The largest absolute Gasteiger partial charge is 0.478 e. The number of carbonyl (C=O) groups excluding carboxylic acids is 1. The van der Waals surface area contributed by atoms with E-state index in [1.807, 2.05) is 18.2 Å². The molecule has 0 fully saturated rings. The Hall–Kier alpha value is -2.62. The van der Waals surface area contributed by atoms with E-state index < -0.39 is 5.97 Å². The molecule has 4 heteroatoms. The number of carbonyl (C=O) groups is 2. The lowest BCUT2D eigenvalue weighted by Gasteiger charge is -2.15. The highest BCUT2D eigenvalue weighted by atomic mass is 16.4. The highest BCUT2D eigenvalue weighted by Gasteiger charge is 2.13. The fourth-order valence-electron chi connectivity index (χ4n) is 2.68. The maximum atomic E-state index is 12.1. The fraction of sp³-hybridized carbons (Fsp3) is 0.300. The van der Waals surface area contributed by atoms with Gasteiger partial charge in [-0.2, -0.15) is 0 Å². The van der Waals surface area contributed by atoms with Crippen LogP contribution in [0, 0.1) is 0 Å². The zero-order valence-corrected chi connectivity index (χ0v) is 13.9. The van der Waals surface area contributed by atoms with Gasteiger partial charge in [-0.15, -0.1) is 0 Å². The first-order valence-corrected chi connectivity index (χ1v) is 8.24. The molecule has 0 radical (unpaired) electrons. The molecule has 2 N–H and O–H groups in total. The minimum atomic E-state index is -0.929. The summed E-state index contributed by atoms with van der Waals surface area (Å²) in [7, 11) is 0. The minimum Gasteiger partial charge on any atom is -0.478 e. The molecular weight excluding hydrogens is 302 g/mol. The summed E-state index contributed by atoms with van der Waals surface area (Å²) in [5.41, 5.74) is 2.48. The Morgan fingerprint density at radius 1 is 1.04 bits per heavy atom. The molecule has 0 saturated heterocycles. The van der Waals surface area contributed by atoms with Crippen LogP contribution in [0.4, 0.5) is 0 Å². The molecular formula is C20H23NO3. The van der Waals surface area contributed by atoms with Crippen LogP contribution in [0.3, 0.4) is 0 Å². The standard InChI is InChI=1S/C20H23NO3/c1-2-16(17-6-4-3-5-7-17)14-19(22)21-13-12-15-8-10-18(11-9-15)20(23)24/h3-11,16H,2,12-14H2,1H3,(H,21,22)(H,23,24). The molecule has 1 unspecified atom stereocenters. The van der Waals surface area contributed by atoms with E-state index in [4.69, 9.17) is 5.11 Å². The number of hydrogen-bond acceptors (Lipinski definition) is 2. The van der Waals surface area contributed by atoms with E-state index in [0.717, 1.165) is 12.0 Å². The van der Waals surface area contributed by atoms with Crippen LogP contribution in [0.15, 0.2) is 54.6 Å². The van der Waals surface area contributed by atoms with Crippen molar-refractivity contribution in [2.45, 2.75) is 32.1 Å². The van der Waals surface area contributed by atoms with Crippen LogP contribution >= 0.6 is 0 Å². The number of amides is 1. The first-order valence-electron chi connectivity index (χ1n) is 8.24. The summed E-state index contributed by atoms with van der Waals surface area (Å²) in [6, 6.07) is 16.8. The van der Waals surface area contributed by atoms with Crippen molar-refractivity contribution in [2.75, 3.05) is 6.54 Å². The van der Waals surface area contributed by atoms with Crippen LogP contribution in [0.1, 0.15) is 47.2 Å². The topological polar surface area (TPSA) is 66.4 Å². The second-order valence-corrected chi connectivity index (χ2v) is 5.82. The van der Waals surface area contributed by atoms with Gasteiger partial charge in [0.15, 0.2) is 0 Å². The van der Waals surface area contributed by atoms with Gasteiger partial charge in [0.2, 0.25) is 5.91 Å². The maximum absolute atomic E-state index is 12.1. The van der Waals surface area contributed by atoms with Gasteiger partial charge in [-0.1, -0.05) is 49.4 Å². The first-order chi connectivity index (χ1) is 11.6. The number of carboxylic acid groups (broad SMARTS) is 1. The highest BCUT2D eigenvalue weighted by Crippen LogP contribution is 2.22. The average Bonchev–Trinajstić information content (AvgIpc) is 2.61. The minimum absolute atomic E-state index is 0.0489. The summed E-state index contributed by atoms with van der Waals surface area (Å²) < 4.78 is 0. The first kappa shape index (κ1) is 17.7. The number of rotatable bonds is 8. The third kappa shape index (κ3) is 5.23. The zero-order valence-electron chi connectivity index (χ0n) is 13.9. The Labute approximate surface area is 142 Å². The van der Waals surface area contributed by atoms with E-state index in [1.165, 1.54) is 5.56 Å².